The lowest BCUT2D eigenvalue weighted by atomic mass is 10.1. The first-order valence-corrected chi connectivity index (χ1v) is 8.37. The summed E-state index contributed by atoms with van der Waals surface area (Å²) in [5.74, 6) is 1.14. The van der Waals surface area contributed by atoms with E-state index in [2.05, 4.69) is 10.3 Å². The number of hydrogen-bond acceptors (Lipinski definition) is 4. The molecule has 2 heterocycles. The Bertz CT molecular complexity index is 561. The second kappa shape index (κ2) is 6.98. The summed E-state index contributed by atoms with van der Waals surface area (Å²) < 4.78 is 5.88. The molecule has 0 bridgehead atoms. The molecule has 1 aliphatic carbocycles. The summed E-state index contributed by atoms with van der Waals surface area (Å²) in [6.07, 6.45) is 5.94. The molecule has 2 fully saturated rings. The Morgan fingerprint density at radius 2 is 2.00 bits per heavy atom. The van der Waals surface area contributed by atoms with E-state index in [9.17, 15) is 9.59 Å². The molecule has 2 amide bonds. The highest BCUT2D eigenvalue weighted by molar-refractivity contribution is 5.90. The van der Waals surface area contributed by atoms with E-state index in [0.717, 1.165) is 38.8 Å². The maximum absolute atomic E-state index is 12.0. The van der Waals surface area contributed by atoms with Gasteiger partial charge in [0.2, 0.25) is 17.7 Å². The summed E-state index contributed by atoms with van der Waals surface area (Å²) >= 11 is 0. The van der Waals surface area contributed by atoms with Gasteiger partial charge in [0.05, 0.1) is 11.9 Å². The van der Waals surface area contributed by atoms with E-state index in [1.54, 1.807) is 25.3 Å². The van der Waals surface area contributed by atoms with Crippen LogP contribution in [0.1, 0.15) is 39.0 Å². The lowest BCUT2D eigenvalue weighted by Gasteiger charge is -2.32. The Hall–Kier alpha value is -2.11. The molecule has 1 aromatic rings. The van der Waals surface area contributed by atoms with Gasteiger partial charge in [0, 0.05) is 44.3 Å². The van der Waals surface area contributed by atoms with Crippen LogP contribution in [0.5, 0.6) is 5.88 Å². The summed E-state index contributed by atoms with van der Waals surface area (Å²) in [6, 6.07) is 3.56. The molecule has 0 unspecified atom stereocenters. The van der Waals surface area contributed by atoms with Gasteiger partial charge in [0.25, 0.3) is 0 Å². The molecular formula is C17H23N3O3. The zero-order chi connectivity index (χ0) is 16.2. The molecule has 0 atom stereocenters. The molecule has 0 radical (unpaired) electrons. The van der Waals surface area contributed by atoms with Crippen molar-refractivity contribution in [2.45, 2.75) is 45.1 Å². The zero-order valence-corrected chi connectivity index (χ0v) is 13.5. The molecule has 1 N–H and O–H groups in total. The van der Waals surface area contributed by atoms with Crippen LogP contribution in [-0.2, 0) is 9.59 Å². The summed E-state index contributed by atoms with van der Waals surface area (Å²) in [4.78, 5) is 29.5. The number of carbonyl (C=O) groups excluding carboxylic acids is 2. The van der Waals surface area contributed by atoms with Crippen LogP contribution >= 0.6 is 0 Å². The van der Waals surface area contributed by atoms with Crippen LogP contribution in [0.25, 0.3) is 0 Å². The third kappa shape index (κ3) is 4.21. The molecule has 1 saturated carbocycles. The van der Waals surface area contributed by atoms with Crippen LogP contribution in [0.2, 0.25) is 0 Å². The van der Waals surface area contributed by atoms with E-state index < -0.39 is 0 Å². The van der Waals surface area contributed by atoms with E-state index in [4.69, 9.17) is 4.74 Å². The van der Waals surface area contributed by atoms with E-state index >= 15 is 0 Å². The van der Waals surface area contributed by atoms with E-state index in [1.165, 1.54) is 0 Å². The highest BCUT2D eigenvalue weighted by Crippen LogP contribution is 2.32. The number of anilines is 1. The van der Waals surface area contributed by atoms with E-state index in [0.29, 0.717) is 29.8 Å². The zero-order valence-electron chi connectivity index (χ0n) is 13.5. The lowest BCUT2D eigenvalue weighted by Crippen LogP contribution is -2.42. The first-order chi connectivity index (χ1) is 11.2. The van der Waals surface area contributed by atoms with Crippen LogP contribution in [-0.4, -0.2) is 40.9 Å². The highest BCUT2D eigenvalue weighted by Gasteiger charge is 2.35. The normalized spacial score (nSPS) is 18.6. The number of hydrogen-bond donors (Lipinski definition) is 1. The van der Waals surface area contributed by atoms with Crippen molar-refractivity contribution in [3.8, 4) is 5.88 Å². The van der Waals surface area contributed by atoms with Crippen molar-refractivity contribution < 1.29 is 14.3 Å². The van der Waals surface area contributed by atoms with Gasteiger partial charge in [0.1, 0.15) is 6.10 Å². The molecule has 1 aromatic heterocycles. The minimum absolute atomic E-state index is 0.0341. The lowest BCUT2D eigenvalue weighted by molar-refractivity contribution is -0.134. The third-order valence-electron chi connectivity index (χ3n) is 4.31. The topological polar surface area (TPSA) is 71.5 Å². The molecule has 1 saturated heterocycles. The first kappa shape index (κ1) is 15.8. The predicted molar refractivity (Wildman–Crippen MR) is 86.1 cm³/mol. The second-order valence-electron chi connectivity index (χ2n) is 6.20. The van der Waals surface area contributed by atoms with Crippen LogP contribution in [0.3, 0.4) is 0 Å². The number of nitrogens with one attached hydrogen (secondary N) is 1. The standard InChI is InChI=1S/C17H23N3O3/c1-2-15(21)19-13-5-6-16(18-11-13)23-14-7-9-20(10-8-14)17(22)12-3-4-12/h5-6,11-12,14H,2-4,7-10H2,1H3,(H,19,21). The number of piperidine rings is 1. The number of pyridine rings is 1. The molecule has 23 heavy (non-hydrogen) atoms. The van der Waals surface area contributed by atoms with Crippen molar-refractivity contribution in [2.24, 2.45) is 5.92 Å². The maximum atomic E-state index is 12.0. The van der Waals surface area contributed by atoms with Gasteiger partial charge in [-0.1, -0.05) is 6.92 Å². The molecule has 1 aliphatic heterocycles. The number of nitrogens with zero attached hydrogens (tertiary/aromatic N) is 2. The fourth-order valence-electron chi connectivity index (χ4n) is 2.73. The predicted octanol–water partition coefficient (Wildman–Crippen LogP) is 2.21. The average Bonchev–Trinajstić information content (AvgIpc) is 3.41. The van der Waals surface area contributed by atoms with Crippen LogP contribution in [0, 0.1) is 5.92 Å². The molecule has 3 rings (SSSR count). The first-order valence-electron chi connectivity index (χ1n) is 8.37. The van der Waals surface area contributed by atoms with Gasteiger partial charge in [-0.3, -0.25) is 9.59 Å². The SMILES string of the molecule is CCC(=O)Nc1ccc(OC2CCN(C(=O)C3CC3)CC2)nc1. The summed E-state index contributed by atoms with van der Waals surface area (Å²) in [5.41, 5.74) is 0.675. The van der Waals surface area contributed by atoms with Crippen LogP contribution < -0.4 is 10.1 Å². The van der Waals surface area contributed by atoms with E-state index in [-0.39, 0.29) is 12.0 Å². The summed E-state index contributed by atoms with van der Waals surface area (Å²) in [6.45, 7) is 3.34. The Labute approximate surface area is 136 Å². The Balaban J connectivity index is 1.46. The van der Waals surface area contributed by atoms with Gasteiger partial charge in [-0.25, -0.2) is 4.98 Å². The van der Waals surface area contributed by atoms with Crippen molar-refractivity contribution in [3.63, 3.8) is 0 Å². The van der Waals surface area contributed by atoms with Crippen molar-refractivity contribution in [1.29, 1.82) is 0 Å². The van der Waals surface area contributed by atoms with Crippen molar-refractivity contribution in [1.82, 2.24) is 9.88 Å². The summed E-state index contributed by atoms with van der Waals surface area (Å²) in [5, 5.41) is 2.76. The Morgan fingerprint density at radius 3 is 2.57 bits per heavy atom. The molecule has 0 spiro atoms. The average molecular weight is 317 g/mol. The summed E-state index contributed by atoms with van der Waals surface area (Å²) in [7, 11) is 0. The number of rotatable bonds is 5. The monoisotopic (exact) mass is 317 g/mol. The second-order valence-corrected chi connectivity index (χ2v) is 6.20. The molecular weight excluding hydrogens is 294 g/mol. The number of ether oxygens (including phenoxy) is 1. The molecule has 124 valence electrons. The molecule has 0 aromatic carbocycles. The maximum Gasteiger partial charge on any atom is 0.225 e. The number of likely N-dealkylation sites (tertiary alicyclic amines) is 1. The van der Waals surface area contributed by atoms with Gasteiger partial charge in [-0.05, 0) is 18.9 Å². The van der Waals surface area contributed by atoms with Crippen molar-refractivity contribution >= 4 is 17.5 Å². The van der Waals surface area contributed by atoms with Crippen molar-refractivity contribution in [2.75, 3.05) is 18.4 Å². The Kier molecular flexibility index (Phi) is 4.79. The van der Waals surface area contributed by atoms with Gasteiger partial charge >= 0.3 is 0 Å². The molecule has 6 heteroatoms. The number of aromatic nitrogens is 1. The number of amides is 2. The Morgan fingerprint density at radius 1 is 1.26 bits per heavy atom. The van der Waals surface area contributed by atoms with Gasteiger partial charge in [-0.2, -0.15) is 0 Å². The molecule has 2 aliphatic rings. The van der Waals surface area contributed by atoms with Crippen LogP contribution in [0.4, 0.5) is 5.69 Å². The van der Waals surface area contributed by atoms with Crippen molar-refractivity contribution in [3.05, 3.63) is 18.3 Å². The largest absolute Gasteiger partial charge is 0.474 e. The van der Waals surface area contributed by atoms with Gasteiger partial charge in [-0.15, -0.1) is 0 Å². The highest BCUT2D eigenvalue weighted by atomic mass is 16.5. The molecule has 6 nitrogen and oxygen atoms in total. The van der Waals surface area contributed by atoms with Gasteiger partial charge < -0.3 is 15.0 Å². The fraction of sp³-hybridized carbons (Fsp3) is 0.588. The smallest absolute Gasteiger partial charge is 0.225 e. The van der Waals surface area contributed by atoms with Gasteiger partial charge in [0.15, 0.2) is 0 Å². The minimum Gasteiger partial charge on any atom is -0.474 e. The fourth-order valence-corrected chi connectivity index (χ4v) is 2.73. The number of carbonyl (C=O) groups is 2. The minimum atomic E-state index is -0.0341. The van der Waals surface area contributed by atoms with Crippen LogP contribution in [0.15, 0.2) is 18.3 Å². The third-order valence-corrected chi connectivity index (χ3v) is 4.31. The quantitative estimate of drug-likeness (QED) is 0.904. The van der Waals surface area contributed by atoms with E-state index in [1.807, 2.05) is 4.90 Å².